The first-order valence-corrected chi connectivity index (χ1v) is 11.3. The highest BCUT2D eigenvalue weighted by atomic mass is 16.2. The maximum absolute atomic E-state index is 13.1. The summed E-state index contributed by atoms with van der Waals surface area (Å²) in [6.07, 6.45) is 5.44. The van der Waals surface area contributed by atoms with E-state index in [9.17, 15) is 14.4 Å². The van der Waals surface area contributed by atoms with Crippen molar-refractivity contribution in [3.63, 3.8) is 0 Å². The van der Waals surface area contributed by atoms with E-state index in [-0.39, 0.29) is 40.5 Å². The van der Waals surface area contributed by atoms with Gasteiger partial charge in [-0.3, -0.25) is 14.4 Å². The van der Waals surface area contributed by atoms with Gasteiger partial charge < -0.3 is 15.5 Å². The summed E-state index contributed by atoms with van der Waals surface area (Å²) in [7, 11) is 3.45. The summed E-state index contributed by atoms with van der Waals surface area (Å²) in [6.45, 7) is -0.520. The number of pyridine rings is 2. The molecule has 10 nitrogen and oxygen atoms in total. The molecule has 0 aromatic carbocycles. The number of hydrogen-bond donors (Lipinski definition) is 2. The van der Waals surface area contributed by atoms with Gasteiger partial charge in [-0.05, 0) is 25.8 Å². The van der Waals surface area contributed by atoms with Crippen LogP contribution in [-0.2, 0) is 11.8 Å². The van der Waals surface area contributed by atoms with E-state index in [1.165, 1.54) is 16.9 Å². The molecule has 0 saturated heterocycles. The van der Waals surface area contributed by atoms with Crippen LogP contribution in [0.2, 0.25) is 0 Å². The van der Waals surface area contributed by atoms with Crippen LogP contribution in [0.5, 0.6) is 0 Å². The molecule has 3 aromatic heterocycles. The van der Waals surface area contributed by atoms with Crippen molar-refractivity contribution in [2.24, 2.45) is 13.0 Å². The predicted octanol–water partition coefficient (Wildman–Crippen LogP) is 3.43. The number of fused-ring (bicyclic) bond motifs is 3. The first-order valence-electron chi connectivity index (χ1n) is 12.8. The third-order valence-electron chi connectivity index (χ3n) is 6.56. The van der Waals surface area contributed by atoms with Crippen LogP contribution in [0.4, 0.5) is 23.0 Å². The van der Waals surface area contributed by atoms with Crippen LogP contribution in [0.15, 0.2) is 35.5 Å². The molecule has 0 unspecified atom stereocenters. The molecule has 5 rings (SSSR count). The molecule has 3 aromatic rings. The minimum Gasteiger partial charge on any atom is -0.364 e. The lowest BCUT2D eigenvalue weighted by molar-refractivity contribution is -0.117. The van der Waals surface area contributed by atoms with Gasteiger partial charge >= 0.3 is 0 Å². The number of hydrogen-bond acceptors (Lipinski definition) is 8. The van der Waals surface area contributed by atoms with Crippen molar-refractivity contribution in [2.45, 2.75) is 39.1 Å². The second-order valence-electron chi connectivity index (χ2n) is 8.85. The molecule has 1 fully saturated rings. The minimum absolute atomic E-state index is 0.0528. The van der Waals surface area contributed by atoms with Crippen LogP contribution in [0.1, 0.15) is 59.1 Å². The average Bonchev–Trinajstić information content (AvgIpc) is 3.69. The zero-order valence-corrected chi connectivity index (χ0v) is 19.6. The monoisotopic (exact) mass is 476 g/mol. The molecular weight excluding hydrogens is 446 g/mol. The van der Waals surface area contributed by atoms with E-state index in [1.807, 2.05) is 18.9 Å². The standard InChI is InChI=1S/C25H27N7O3/c1-5-19(33)17-11-27-20(30-24(34)14-6-7-14)10-18(17)29-23-22-15(8-9-26-23)21-16(13(2)31(22)3)12-28-32(4)25(21)35/h8-14H,5-7H2,1-4H3,(H2,26,27,29,30,34)/t13-/m1/s1/i1D3. The summed E-state index contributed by atoms with van der Waals surface area (Å²) < 4.78 is 23.9. The Morgan fingerprint density at radius 2 is 2.03 bits per heavy atom. The number of ketones is 1. The zero-order valence-electron chi connectivity index (χ0n) is 22.6. The molecule has 0 radical (unpaired) electrons. The molecule has 1 aliphatic heterocycles. The first-order chi connectivity index (χ1) is 17.9. The molecule has 180 valence electrons. The summed E-state index contributed by atoms with van der Waals surface area (Å²) >= 11 is 0. The van der Waals surface area contributed by atoms with Crippen LogP contribution >= 0.6 is 0 Å². The quantitative estimate of drug-likeness (QED) is 0.519. The molecule has 1 aliphatic carbocycles. The van der Waals surface area contributed by atoms with E-state index in [1.54, 1.807) is 25.5 Å². The Hall–Kier alpha value is -4.08. The van der Waals surface area contributed by atoms with Gasteiger partial charge in [0, 0.05) is 60.1 Å². The smallest absolute Gasteiger partial charge is 0.274 e. The molecular formula is C25H27N7O3. The lowest BCUT2D eigenvalue weighted by Crippen LogP contribution is -2.33. The number of carbonyl (C=O) groups excluding carboxylic acids is 2. The largest absolute Gasteiger partial charge is 0.364 e. The number of aryl methyl sites for hydroxylation is 1. The number of Topliss-reactive ketones (excluding diaryl/α,β-unsaturated/α-hetero) is 1. The summed E-state index contributed by atoms with van der Waals surface area (Å²) in [5.74, 6) is -0.256. The molecule has 1 atom stereocenters. The van der Waals surface area contributed by atoms with Crippen molar-refractivity contribution in [1.82, 2.24) is 19.7 Å². The number of rotatable bonds is 6. The van der Waals surface area contributed by atoms with Crippen molar-refractivity contribution < 1.29 is 13.7 Å². The Morgan fingerprint density at radius 1 is 1.23 bits per heavy atom. The maximum Gasteiger partial charge on any atom is 0.274 e. The van der Waals surface area contributed by atoms with Crippen LogP contribution in [0.3, 0.4) is 0 Å². The second-order valence-corrected chi connectivity index (χ2v) is 8.85. The third kappa shape index (κ3) is 3.94. The van der Waals surface area contributed by atoms with Gasteiger partial charge in [-0.2, -0.15) is 5.10 Å². The molecule has 2 aliphatic rings. The fourth-order valence-corrected chi connectivity index (χ4v) is 4.29. The Balaban J connectivity index is 1.61. The molecule has 10 heteroatoms. The van der Waals surface area contributed by atoms with Crippen LogP contribution in [-0.4, -0.2) is 38.5 Å². The normalized spacial score (nSPS) is 18.0. The Bertz CT molecular complexity index is 1520. The number of nitrogens with zero attached hydrogens (tertiary/aromatic N) is 5. The molecule has 2 N–H and O–H groups in total. The fourth-order valence-electron chi connectivity index (χ4n) is 4.29. The lowest BCUT2D eigenvalue weighted by Gasteiger charge is -2.36. The van der Waals surface area contributed by atoms with Crippen molar-refractivity contribution in [3.8, 4) is 11.1 Å². The van der Waals surface area contributed by atoms with E-state index in [0.29, 0.717) is 22.6 Å². The van der Waals surface area contributed by atoms with Gasteiger partial charge in [-0.15, -0.1) is 0 Å². The number of amides is 1. The van der Waals surface area contributed by atoms with Crippen molar-refractivity contribution in [3.05, 3.63) is 52.2 Å². The summed E-state index contributed by atoms with van der Waals surface area (Å²) in [5.41, 5.74) is 2.62. The SMILES string of the molecule is [2H]C([2H])([2H])CC(=O)c1cnc(NC(=O)C2CC2)cc1Nc1nccc2c1N(C)[C@H](C)c1cnn(C)c(=O)c1-2. The average molecular weight is 477 g/mol. The Kier molecular flexibility index (Phi) is 4.73. The van der Waals surface area contributed by atoms with Gasteiger partial charge in [0.25, 0.3) is 5.56 Å². The van der Waals surface area contributed by atoms with Gasteiger partial charge in [-0.1, -0.05) is 6.85 Å². The molecule has 0 spiro atoms. The van der Waals surface area contributed by atoms with Crippen molar-refractivity contribution in [1.29, 1.82) is 0 Å². The summed E-state index contributed by atoms with van der Waals surface area (Å²) in [6, 6.07) is 3.04. The molecule has 1 saturated carbocycles. The highest BCUT2D eigenvalue weighted by Gasteiger charge is 2.32. The number of anilines is 4. The van der Waals surface area contributed by atoms with E-state index >= 15 is 0 Å². The fraction of sp³-hybridized carbons (Fsp3) is 0.360. The van der Waals surface area contributed by atoms with Gasteiger partial charge in [-0.25, -0.2) is 14.6 Å². The van der Waals surface area contributed by atoms with Gasteiger partial charge in [0.1, 0.15) is 5.82 Å². The lowest BCUT2D eigenvalue weighted by atomic mass is 9.92. The Morgan fingerprint density at radius 3 is 2.77 bits per heavy atom. The van der Waals surface area contributed by atoms with E-state index in [2.05, 4.69) is 25.7 Å². The van der Waals surface area contributed by atoms with E-state index in [4.69, 9.17) is 4.11 Å². The maximum atomic E-state index is 13.1. The zero-order chi connectivity index (χ0) is 27.4. The van der Waals surface area contributed by atoms with Crippen molar-refractivity contribution in [2.75, 3.05) is 22.6 Å². The van der Waals surface area contributed by atoms with Crippen LogP contribution in [0, 0.1) is 5.92 Å². The van der Waals surface area contributed by atoms with Crippen LogP contribution in [0.25, 0.3) is 11.1 Å². The predicted molar refractivity (Wildman–Crippen MR) is 133 cm³/mol. The van der Waals surface area contributed by atoms with E-state index in [0.717, 1.165) is 18.4 Å². The van der Waals surface area contributed by atoms with Gasteiger partial charge in [0.05, 0.1) is 34.7 Å². The summed E-state index contributed by atoms with van der Waals surface area (Å²) in [4.78, 5) is 49.0. The minimum atomic E-state index is -2.47. The first kappa shape index (κ1) is 19.2. The van der Waals surface area contributed by atoms with Gasteiger partial charge in [0.15, 0.2) is 11.6 Å². The van der Waals surface area contributed by atoms with Gasteiger partial charge in [0.2, 0.25) is 5.91 Å². The van der Waals surface area contributed by atoms with E-state index < -0.39 is 19.1 Å². The molecule has 1 amide bonds. The number of aromatic nitrogens is 4. The number of nitrogens with one attached hydrogen (secondary N) is 2. The van der Waals surface area contributed by atoms with Crippen molar-refractivity contribution >= 4 is 34.7 Å². The Labute approximate surface area is 206 Å². The highest BCUT2D eigenvalue weighted by molar-refractivity contribution is 6.03. The van der Waals surface area contributed by atoms with Crippen LogP contribution < -0.4 is 21.1 Å². The topological polar surface area (TPSA) is 122 Å². The summed E-state index contributed by atoms with van der Waals surface area (Å²) in [5, 5.41) is 10.1. The highest BCUT2D eigenvalue weighted by Crippen LogP contribution is 2.45. The second kappa shape index (κ2) is 8.61. The molecule has 4 heterocycles. The number of carbonyl (C=O) groups is 2. The third-order valence-corrected chi connectivity index (χ3v) is 6.56. The molecule has 0 bridgehead atoms. The molecule has 35 heavy (non-hydrogen) atoms.